The number of rotatable bonds is 4. The normalized spacial score (nSPS) is 19.9. The number of hydrogen-bond donors (Lipinski definition) is 0. The minimum atomic E-state index is -0.335. The molecule has 0 saturated carbocycles. The molecular weight excluding hydrogens is 483 g/mol. The predicted molar refractivity (Wildman–Crippen MR) is 142 cm³/mol. The molecule has 9 heteroatoms. The molecule has 1 atom stereocenters. The zero-order valence-electron chi connectivity index (χ0n) is 19.5. The van der Waals surface area contributed by atoms with Crippen molar-refractivity contribution in [3.8, 4) is 0 Å². The lowest BCUT2D eigenvalue weighted by molar-refractivity contribution is -0.122. The highest BCUT2D eigenvalue weighted by atomic mass is 32.2. The molecule has 0 aliphatic carbocycles. The molecule has 1 unspecified atom stereocenters. The Morgan fingerprint density at radius 3 is 2.71 bits per heavy atom. The quantitative estimate of drug-likeness (QED) is 0.374. The van der Waals surface area contributed by atoms with Crippen LogP contribution >= 0.6 is 24.0 Å². The van der Waals surface area contributed by atoms with Gasteiger partial charge in [0.05, 0.1) is 17.0 Å². The maximum absolute atomic E-state index is 13.7. The molecule has 2 aliphatic heterocycles. The first-order valence-electron chi connectivity index (χ1n) is 11.6. The number of halogens is 1. The number of carbonyl (C=O) groups is 1. The summed E-state index contributed by atoms with van der Waals surface area (Å²) in [7, 11) is 0. The molecule has 2 aromatic heterocycles. The monoisotopic (exact) mass is 508 g/mol. The maximum Gasteiger partial charge on any atom is 0.267 e. The fourth-order valence-corrected chi connectivity index (χ4v) is 5.77. The van der Waals surface area contributed by atoms with Crippen LogP contribution in [0.1, 0.15) is 36.5 Å². The van der Waals surface area contributed by atoms with Gasteiger partial charge in [-0.15, -0.1) is 0 Å². The van der Waals surface area contributed by atoms with E-state index in [4.69, 9.17) is 17.2 Å². The van der Waals surface area contributed by atoms with Gasteiger partial charge < -0.3 is 4.90 Å². The number of fused-ring (bicyclic) bond motifs is 1. The van der Waals surface area contributed by atoms with Crippen molar-refractivity contribution in [3.05, 3.63) is 80.4 Å². The lowest BCUT2D eigenvalue weighted by atomic mass is 10.00. The Bertz CT molecular complexity index is 1420. The Hall–Kier alpha value is -3.04. The second-order valence-electron chi connectivity index (χ2n) is 9.18. The number of aromatic nitrogens is 2. The molecule has 3 aromatic rings. The summed E-state index contributed by atoms with van der Waals surface area (Å²) in [5, 5.41) is 0. The van der Waals surface area contributed by atoms with Crippen molar-refractivity contribution in [1.82, 2.24) is 14.3 Å². The lowest BCUT2D eigenvalue weighted by Crippen LogP contribution is -2.37. The van der Waals surface area contributed by atoms with E-state index in [1.807, 2.05) is 19.1 Å². The van der Waals surface area contributed by atoms with Crippen LogP contribution in [-0.4, -0.2) is 37.6 Å². The van der Waals surface area contributed by atoms with Gasteiger partial charge in [-0.05, 0) is 61.1 Å². The van der Waals surface area contributed by atoms with Gasteiger partial charge in [-0.1, -0.05) is 49.1 Å². The number of hydrogen-bond acceptors (Lipinski definition) is 6. The Kier molecular flexibility index (Phi) is 6.46. The van der Waals surface area contributed by atoms with E-state index in [1.54, 1.807) is 24.4 Å². The molecule has 1 aromatic carbocycles. The average molecular weight is 509 g/mol. The molecule has 2 saturated heterocycles. The number of nitrogens with zero attached hydrogens (tertiary/aromatic N) is 4. The fourth-order valence-electron chi connectivity index (χ4n) is 4.54. The molecule has 1 amide bonds. The largest absolute Gasteiger partial charge is 0.356 e. The highest BCUT2D eigenvalue weighted by Crippen LogP contribution is 2.35. The van der Waals surface area contributed by atoms with E-state index in [0.29, 0.717) is 32.2 Å². The second-order valence-corrected chi connectivity index (χ2v) is 10.9. The van der Waals surface area contributed by atoms with Gasteiger partial charge >= 0.3 is 0 Å². The van der Waals surface area contributed by atoms with Crippen LogP contribution in [0.4, 0.5) is 10.2 Å². The van der Waals surface area contributed by atoms with Gasteiger partial charge in [-0.3, -0.25) is 18.9 Å². The van der Waals surface area contributed by atoms with Crippen molar-refractivity contribution in [2.45, 2.75) is 33.2 Å². The summed E-state index contributed by atoms with van der Waals surface area (Å²) in [5.74, 6) is 0.493. The van der Waals surface area contributed by atoms with Crippen LogP contribution in [0.15, 0.2) is 52.3 Å². The van der Waals surface area contributed by atoms with Crippen molar-refractivity contribution in [1.29, 1.82) is 0 Å². The average Bonchev–Trinajstić information content (AvgIpc) is 3.09. The molecule has 0 spiro atoms. The number of anilines is 1. The summed E-state index contributed by atoms with van der Waals surface area (Å²) in [6, 6.07) is 9.77. The third-order valence-corrected chi connectivity index (χ3v) is 7.72. The number of aryl methyl sites for hydroxylation is 1. The first-order valence-corrected chi connectivity index (χ1v) is 12.8. The van der Waals surface area contributed by atoms with Crippen molar-refractivity contribution < 1.29 is 9.18 Å². The van der Waals surface area contributed by atoms with E-state index in [9.17, 15) is 14.0 Å². The Labute approximate surface area is 212 Å². The number of amides is 1. The number of piperidine rings is 1. The summed E-state index contributed by atoms with van der Waals surface area (Å²) >= 11 is 6.65. The van der Waals surface area contributed by atoms with Gasteiger partial charge in [0, 0.05) is 19.3 Å². The van der Waals surface area contributed by atoms with Crippen LogP contribution in [-0.2, 0) is 11.3 Å². The lowest BCUT2D eigenvalue weighted by Gasteiger charge is -2.32. The SMILES string of the molecule is Cc1ccc2nc(N3CCCC(C)C3)c(C=C3SC(=S)N(Cc4ccc(F)cc4)C3=O)c(=O)n2c1. The smallest absolute Gasteiger partial charge is 0.267 e. The Balaban J connectivity index is 1.57. The Morgan fingerprint density at radius 2 is 1.97 bits per heavy atom. The van der Waals surface area contributed by atoms with Crippen molar-refractivity contribution in [2.75, 3.05) is 18.0 Å². The summed E-state index contributed by atoms with van der Waals surface area (Å²) in [6.45, 7) is 5.98. The number of benzene rings is 1. The molecule has 6 nitrogen and oxygen atoms in total. The van der Waals surface area contributed by atoms with E-state index in [1.165, 1.54) is 33.2 Å². The first kappa shape index (κ1) is 23.7. The Morgan fingerprint density at radius 1 is 1.20 bits per heavy atom. The van der Waals surface area contributed by atoms with Crippen LogP contribution in [0.3, 0.4) is 0 Å². The molecule has 2 aliphatic rings. The summed E-state index contributed by atoms with van der Waals surface area (Å²) in [5.41, 5.74) is 2.47. The molecule has 5 rings (SSSR count). The minimum absolute atomic E-state index is 0.212. The van der Waals surface area contributed by atoms with Crippen molar-refractivity contribution >= 4 is 51.7 Å². The van der Waals surface area contributed by atoms with Gasteiger partial charge in [-0.2, -0.15) is 0 Å². The number of pyridine rings is 1. The molecule has 0 N–H and O–H groups in total. The van der Waals surface area contributed by atoms with Gasteiger partial charge in [0.1, 0.15) is 21.6 Å². The number of carbonyl (C=O) groups excluding carboxylic acids is 1. The van der Waals surface area contributed by atoms with Crippen molar-refractivity contribution in [3.63, 3.8) is 0 Å². The van der Waals surface area contributed by atoms with Gasteiger partial charge in [-0.25, -0.2) is 9.37 Å². The molecule has 0 bridgehead atoms. The summed E-state index contributed by atoms with van der Waals surface area (Å²) in [4.78, 5) is 35.8. The third-order valence-electron chi connectivity index (χ3n) is 6.34. The van der Waals surface area contributed by atoms with E-state index < -0.39 is 0 Å². The highest BCUT2D eigenvalue weighted by Gasteiger charge is 2.33. The first-order chi connectivity index (χ1) is 16.8. The minimum Gasteiger partial charge on any atom is -0.356 e. The molecule has 2 fully saturated rings. The fraction of sp³-hybridized carbons (Fsp3) is 0.308. The molecular formula is C26H25FN4O2S2. The summed E-state index contributed by atoms with van der Waals surface area (Å²) < 4.78 is 15.2. The maximum atomic E-state index is 13.7. The van der Waals surface area contributed by atoms with Crippen molar-refractivity contribution in [2.24, 2.45) is 5.92 Å². The number of thiocarbonyl (C=S) groups is 1. The van der Waals surface area contributed by atoms with Crippen LogP contribution in [0.2, 0.25) is 0 Å². The van der Waals surface area contributed by atoms with E-state index in [0.717, 1.165) is 37.1 Å². The second kappa shape index (κ2) is 9.54. The molecule has 180 valence electrons. The van der Waals surface area contributed by atoms with E-state index >= 15 is 0 Å². The van der Waals surface area contributed by atoms with Crippen LogP contribution < -0.4 is 10.5 Å². The van der Waals surface area contributed by atoms with Crippen LogP contribution in [0.5, 0.6) is 0 Å². The predicted octanol–water partition coefficient (Wildman–Crippen LogP) is 4.78. The number of thioether (sulfide) groups is 1. The molecule has 0 radical (unpaired) electrons. The third kappa shape index (κ3) is 4.75. The molecule has 4 heterocycles. The van der Waals surface area contributed by atoms with Gasteiger partial charge in [0.2, 0.25) is 0 Å². The van der Waals surface area contributed by atoms with E-state index in [-0.39, 0.29) is 23.8 Å². The zero-order chi connectivity index (χ0) is 24.7. The summed E-state index contributed by atoms with van der Waals surface area (Å²) in [6.07, 6.45) is 5.57. The van der Waals surface area contributed by atoms with Crippen LogP contribution in [0.25, 0.3) is 11.7 Å². The molecule has 35 heavy (non-hydrogen) atoms. The van der Waals surface area contributed by atoms with E-state index in [2.05, 4.69) is 11.8 Å². The standard InChI is InChI=1S/C26H25FN4O2S2/c1-16-4-3-11-29(13-16)23-20(24(32)30-14-17(2)5-10-22(30)28-23)12-21-25(33)31(26(34)35-21)15-18-6-8-19(27)9-7-18/h5-10,12,14,16H,3-4,11,13,15H2,1-2H3. The topological polar surface area (TPSA) is 57.9 Å². The highest BCUT2D eigenvalue weighted by molar-refractivity contribution is 8.26. The van der Waals surface area contributed by atoms with Gasteiger partial charge in [0.15, 0.2) is 0 Å². The zero-order valence-corrected chi connectivity index (χ0v) is 21.2. The van der Waals surface area contributed by atoms with Crippen LogP contribution in [0, 0.1) is 18.7 Å². The van der Waals surface area contributed by atoms with Gasteiger partial charge in [0.25, 0.3) is 11.5 Å².